The van der Waals surface area contributed by atoms with Gasteiger partial charge >= 0.3 is 0 Å². The van der Waals surface area contributed by atoms with E-state index in [1.54, 1.807) is 12.1 Å². The number of nitrogens with zero attached hydrogens (tertiary/aromatic N) is 2. The number of rotatable bonds is 9. The van der Waals surface area contributed by atoms with Gasteiger partial charge in [-0.2, -0.15) is 0 Å². The number of methoxy groups -OCH3 is 1. The Bertz CT molecular complexity index is 1410. The summed E-state index contributed by atoms with van der Waals surface area (Å²) in [5.74, 6) is -0.0211. The van der Waals surface area contributed by atoms with Gasteiger partial charge in [-0.1, -0.05) is 51.1 Å². The van der Waals surface area contributed by atoms with Crippen molar-refractivity contribution in [2.24, 2.45) is 0 Å². The number of nitro groups is 1. The molecule has 202 valence electrons. The Balaban J connectivity index is 1.92. The Morgan fingerprint density at radius 1 is 1.05 bits per heavy atom. The highest BCUT2D eigenvalue weighted by molar-refractivity contribution is 7.92. The van der Waals surface area contributed by atoms with Crippen LogP contribution in [0.5, 0.6) is 5.75 Å². The second-order valence-electron chi connectivity index (χ2n) is 10.1. The standard InChI is InChI=1S/C28H33N3O6S/c1-19-7-16-25(17-26(19)31(33)34)38(35,36)30(23-12-14-24(37-6)15-13-23)18-27(32)29-20(2)21-8-10-22(11-9-21)28(3,4)5/h7-17,20H,18H2,1-6H3,(H,29,32). The molecule has 9 nitrogen and oxygen atoms in total. The van der Waals surface area contributed by atoms with Crippen LogP contribution >= 0.6 is 0 Å². The molecule has 38 heavy (non-hydrogen) atoms. The SMILES string of the molecule is COc1ccc(N(CC(=O)NC(C)c2ccc(C(C)(C)C)cc2)S(=O)(=O)c2ccc(C)c([N+](=O)[O-])c2)cc1. The van der Waals surface area contributed by atoms with Gasteiger partial charge in [0.1, 0.15) is 12.3 Å². The minimum Gasteiger partial charge on any atom is -0.497 e. The third-order valence-corrected chi connectivity index (χ3v) is 8.04. The van der Waals surface area contributed by atoms with Crippen molar-refractivity contribution in [1.82, 2.24) is 5.32 Å². The van der Waals surface area contributed by atoms with Crippen LogP contribution in [0.2, 0.25) is 0 Å². The van der Waals surface area contributed by atoms with Crippen LogP contribution in [0, 0.1) is 17.0 Å². The van der Waals surface area contributed by atoms with Gasteiger partial charge in [0, 0.05) is 11.6 Å². The van der Waals surface area contributed by atoms with Crippen molar-refractivity contribution in [3.8, 4) is 5.75 Å². The highest BCUT2D eigenvalue weighted by Crippen LogP contribution is 2.29. The second-order valence-corrected chi connectivity index (χ2v) is 11.9. The number of hydrogen-bond donors (Lipinski definition) is 1. The first-order valence-electron chi connectivity index (χ1n) is 12.1. The van der Waals surface area contributed by atoms with Crippen LogP contribution in [0.4, 0.5) is 11.4 Å². The molecule has 1 atom stereocenters. The fraction of sp³-hybridized carbons (Fsp3) is 0.321. The predicted molar refractivity (Wildman–Crippen MR) is 147 cm³/mol. The summed E-state index contributed by atoms with van der Waals surface area (Å²) in [6.07, 6.45) is 0. The second kappa shape index (κ2) is 11.2. The predicted octanol–water partition coefficient (Wildman–Crippen LogP) is 5.28. The molecule has 0 aliphatic rings. The molecule has 10 heteroatoms. The van der Waals surface area contributed by atoms with E-state index in [2.05, 4.69) is 26.1 Å². The van der Waals surface area contributed by atoms with Crippen LogP contribution < -0.4 is 14.4 Å². The molecule has 1 N–H and O–H groups in total. The Morgan fingerprint density at radius 2 is 1.66 bits per heavy atom. The summed E-state index contributed by atoms with van der Waals surface area (Å²) in [4.78, 5) is 23.6. The fourth-order valence-electron chi connectivity index (χ4n) is 3.91. The molecule has 0 heterocycles. The third kappa shape index (κ3) is 6.49. The lowest BCUT2D eigenvalue weighted by Crippen LogP contribution is -2.41. The van der Waals surface area contributed by atoms with E-state index >= 15 is 0 Å². The molecule has 3 aromatic carbocycles. The Kier molecular flexibility index (Phi) is 8.46. The van der Waals surface area contributed by atoms with E-state index in [0.29, 0.717) is 11.3 Å². The minimum absolute atomic E-state index is 0.0106. The Hall–Kier alpha value is -3.92. The molecule has 0 fully saturated rings. The van der Waals surface area contributed by atoms with Crippen molar-refractivity contribution in [2.75, 3.05) is 18.0 Å². The largest absolute Gasteiger partial charge is 0.497 e. The normalized spacial score (nSPS) is 12.5. The van der Waals surface area contributed by atoms with Gasteiger partial charge in [0.15, 0.2) is 0 Å². The number of anilines is 1. The number of carbonyl (C=O) groups excluding carboxylic acids is 1. The Labute approximate surface area is 223 Å². The van der Waals surface area contributed by atoms with E-state index in [1.807, 2.05) is 31.2 Å². The van der Waals surface area contributed by atoms with Crippen LogP contribution in [0.3, 0.4) is 0 Å². The van der Waals surface area contributed by atoms with E-state index < -0.39 is 27.4 Å². The minimum atomic E-state index is -4.34. The van der Waals surface area contributed by atoms with Gasteiger partial charge in [0.05, 0.1) is 28.7 Å². The first-order valence-corrected chi connectivity index (χ1v) is 13.5. The maximum Gasteiger partial charge on any atom is 0.273 e. The summed E-state index contributed by atoms with van der Waals surface area (Å²) in [6.45, 7) is 9.16. The lowest BCUT2D eigenvalue weighted by molar-refractivity contribution is -0.385. The van der Waals surface area contributed by atoms with Crippen molar-refractivity contribution in [1.29, 1.82) is 0 Å². The number of carbonyl (C=O) groups is 1. The van der Waals surface area contributed by atoms with Gasteiger partial charge in [-0.15, -0.1) is 0 Å². The number of amides is 1. The monoisotopic (exact) mass is 539 g/mol. The van der Waals surface area contributed by atoms with Crippen molar-refractivity contribution in [3.63, 3.8) is 0 Å². The van der Waals surface area contributed by atoms with Crippen LogP contribution in [0.15, 0.2) is 71.6 Å². The highest BCUT2D eigenvalue weighted by atomic mass is 32.2. The first-order chi connectivity index (χ1) is 17.7. The Morgan fingerprint density at radius 3 is 2.18 bits per heavy atom. The number of nitrogens with one attached hydrogen (secondary N) is 1. The zero-order valence-electron chi connectivity index (χ0n) is 22.4. The zero-order chi connectivity index (χ0) is 28.3. The lowest BCUT2D eigenvalue weighted by atomic mass is 9.86. The fourth-order valence-corrected chi connectivity index (χ4v) is 5.35. The van der Waals surface area contributed by atoms with E-state index in [4.69, 9.17) is 4.74 Å². The van der Waals surface area contributed by atoms with Crippen molar-refractivity contribution < 1.29 is 22.9 Å². The molecule has 0 aliphatic heterocycles. The molecule has 3 aromatic rings. The van der Waals surface area contributed by atoms with Gasteiger partial charge in [-0.25, -0.2) is 8.42 Å². The maximum absolute atomic E-state index is 13.7. The lowest BCUT2D eigenvalue weighted by Gasteiger charge is -2.25. The van der Waals surface area contributed by atoms with E-state index in [9.17, 15) is 23.3 Å². The van der Waals surface area contributed by atoms with E-state index in [1.165, 1.54) is 38.3 Å². The summed E-state index contributed by atoms with van der Waals surface area (Å²) in [7, 11) is -2.85. The third-order valence-electron chi connectivity index (χ3n) is 6.27. The molecule has 0 aliphatic carbocycles. The van der Waals surface area contributed by atoms with Gasteiger partial charge in [-0.3, -0.25) is 19.2 Å². The average molecular weight is 540 g/mol. The molecule has 0 bridgehead atoms. The number of benzene rings is 3. The quantitative estimate of drug-likeness (QED) is 0.292. The maximum atomic E-state index is 13.7. The van der Waals surface area contributed by atoms with E-state index in [-0.39, 0.29) is 27.7 Å². The topological polar surface area (TPSA) is 119 Å². The summed E-state index contributed by atoms with van der Waals surface area (Å²) in [5.41, 5.74) is 2.24. The van der Waals surface area contributed by atoms with Crippen LogP contribution in [0.25, 0.3) is 0 Å². The number of nitro benzene ring substituents is 1. The molecule has 1 unspecified atom stereocenters. The molecular formula is C28H33N3O6S. The van der Waals surface area contributed by atoms with Crippen molar-refractivity contribution in [3.05, 3.63) is 93.5 Å². The van der Waals surface area contributed by atoms with Crippen molar-refractivity contribution in [2.45, 2.75) is 51.0 Å². The molecule has 1 amide bonds. The average Bonchev–Trinajstić information content (AvgIpc) is 2.86. The smallest absolute Gasteiger partial charge is 0.273 e. The van der Waals surface area contributed by atoms with Gasteiger partial charge in [0.25, 0.3) is 15.7 Å². The van der Waals surface area contributed by atoms with Gasteiger partial charge in [0.2, 0.25) is 5.91 Å². The molecule has 0 saturated carbocycles. The molecule has 0 radical (unpaired) electrons. The highest BCUT2D eigenvalue weighted by Gasteiger charge is 2.30. The van der Waals surface area contributed by atoms with E-state index in [0.717, 1.165) is 21.5 Å². The van der Waals surface area contributed by atoms with Gasteiger partial charge in [-0.05, 0) is 60.7 Å². The molecule has 0 spiro atoms. The van der Waals surface area contributed by atoms with Crippen LogP contribution in [-0.4, -0.2) is 32.9 Å². The summed E-state index contributed by atoms with van der Waals surface area (Å²) in [6, 6.07) is 17.4. The summed E-state index contributed by atoms with van der Waals surface area (Å²) in [5, 5.41) is 14.3. The molecule has 0 aromatic heterocycles. The molecular weight excluding hydrogens is 506 g/mol. The number of hydrogen-bond acceptors (Lipinski definition) is 6. The summed E-state index contributed by atoms with van der Waals surface area (Å²) < 4.78 is 33.5. The number of sulfonamides is 1. The van der Waals surface area contributed by atoms with Crippen LogP contribution in [0.1, 0.15) is 50.4 Å². The van der Waals surface area contributed by atoms with Gasteiger partial charge < -0.3 is 10.1 Å². The molecule has 0 saturated heterocycles. The van der Waals surface area contributed by atoms with Crippen LogP contribution in [-0.2, 0) is 20.2 Å². The number of ether oxygens (including phenoxy) is 1. The first kappa shape index (κ1) is 28.6. The molecule has 3 rings (SSSR count). The summed E-state index contributed by atoms with van der Waals surface area (Å²) >= 11 is 0. The zero-order valence-corrected chi connectivity index (χ0v) is 23.2. The number of aryl methyl sites for hydroxylation is 1. The van der Waals surface area contributed by atoms with Crippen molar-refractivity contribution >= 4 is 27.3 Å².